The van der Waals surface area contributed by atoms with Gasteiger partial charge in [0.05, 0.1) is 0 Å². The lowest BCUT2D eigenvalue weighted by Gasteiger charge is -2.06. The second-order valence-electron chi connectivity index (χ2n) is 5.35. The molecule has 4 N–H and O–H groups in total. The zero-order valence-corrected chi connectivity index (χ0v) is 13.4. The first kappa shape index (κ1) is 19.3. The molecule has 0 atom stereocenters. The van der Waals surface area contributed by atoms with Gasteiger partial charge in [-0.3, -0.25) is 0 Å². The van der Waals surface area contributed by atoms with E-state index in [9.17, 15) is 0 Å². The first-order chi connectivity index (χ1) is 9.06. The Hall–Kier alpha value is 0.270. The van der Waals surface area contributed by atoms with E-state index in [4.69, 9.17) is 14.7 Å². The number of unbranched alkanes of at least 4 members (excludes halogenated alkanes) is 9. The third kappa shape index (κ3) is 18.3. The van der Waals surface area contributed by atoms with Gasteiger partial charge >= 0.3 is 7.94 Å². The molecule has 0 fully saturated rings. The highest BCUT2D eigenvalue weighted by Gasteiger charge is 2.27. The number of hydrogen-bond donors (Lipinski definition) is 4. The summed E-state index contributed by atoms with van der Waals surface area (Å²) in [6.07, 6.45) is 13.3. The maximum Gasteiger partial charge on any atom is 0.405 e. The van der Waals surface area contributed by atoms with Crippen LogP contribution in [0, 0.1) is 0 Å². The molecule has 0 aromatic heterocycles. The van der Waals surface area contributed by atoms with Crippen molar-refractivity contribution in [3.8, 4) is 0 Å². The summed E-state index contributed by atoms with van der Waals surface area (Å²) in [6.45, 7) is 3.63. The van der Waals surface area contributed by atoms with Gasteiger partial charge in [-0.2, -0.15) is 14.7 Å². The number of hydrogen-bond acceptors (Lipinski definition) is 4. The molecule has 19 heavy (non-hydrogen) atoms. The standard InChI is InChI=1S/C14H33NO3P/c1-2-3-4-5-6-7-8-9-10-11-12-15-13-14-19(16,17)18/h15-18H,2-14H2,1H3/q+1. The molecule has 0 saturated carbocycles. The fourth-order valence-corrected chi connectivity index (χ4v) is 2.55. The third-order valence-electron chi connectivity index (χ3n) is 3.30. The minimum Gasteiger partial charge on any atom is -0.313 e. The van der Waals surface area contributed by atoms with Crippen LogP contribution in [-0.2, 0) is 0 Å². The average molecular weight is 294 g/mol. The number of rotatable bonds is 14. The van der Waals surface area contributed by atoms with Crippen molar-refractivity contribution >= 4 is 7.94 Å². The van der Waals surface area contributed by atoms with Crippen LogP contribution in [0.1, 0.15) is 71.1 Å². The molecule has 0 bridgehead atoms. The zero-order chi connectivity index (χ0) is 14.4. The van der Waals surface area contributed by atoms with Crippen LogP contribution in [-0.4, -0.2) is 33.9 Å². The van der Waals surface area contributed by atoms with Crippen molar-refractivity contribution in [3.05, 3.63) is 0 Å². The minimum absolute atomic E-state index is 0.0603. The molecule has 0 unspecified atom stereocenters. The molecule has 0 aliphatic carbocycles. The molecule has 5 heteroatoms. The van der Waals surface area contributed by atoms with Crippen LogP contribution in [0.5, 0.6) is 0 Å². The third-order valence-corrected chi connectivity index (χ3v) is 4.12. The molecule has 0 aliphatic rings. The Bertz CT molecular complexity index is 186. The van der Waals surface area contributed by atoms with E-state index in [1.54, 1.807) is 0 Å². The van der Waals surface area contributed by atoms with Gasteiger partial charge in [0.2, 0.25) is 0 Å². The zero-order valence-electron chi connectivity index (χ0n) is 12.5. The lowest BCUT2D eigenvalue weighted by molar-refractivity contribution is 0.329. The van der Waals surface area contributed by atoms with Gasteiger partial charge in [-0.15, -0.1) is 0 Å². The summed E-state index contributed by atoms with van der Waals surface area (Å²) < 4.78 is 0. The van der Waals surface area contributed by atoms with Gasteiger partial charge in [0.15, 0.2) is 6.16 Å². The molecule has 0 rings (SSSR count). The molecule has 0 heterocycles. The van der Waals surface area contributed by atoms with E-state index < -0.39 is 7.94 Å². The molecule has 0 radical (unpaired) electrons. The largest absolute Gasteiger partial charge is 0.405 e. The summed E-state index contributed by atoms with van der Waals surface area (Å²) in [5.74, 6) is 0. The summed E-state index contributed by atoms with van der Waals surface area (Å²) in [5, 5.41) is 3.11. The van der Waals surface area contributed by atoms with Crippen LogP contribution in [0.2, 0.25) is 0 Å². The van der Waals surface area contributed by atoms with Crippen molar-refractivity contribution in [3.63, 3.8) is 0 Å². The second kappa shape index (κ2) is 13.3. The molecule has 0 saturated heterocycles. The van der Waals surface area contributed by atoms with Crippen LogP contribution in [0.15, 0.2) is 0 Å². The van der Waals surface area contributed by atoms with E-state index in [1.807, 2.05) is 0 Å². The fraction of sp³-hybridized carbons (Fsp3) is 1.00. The van der Waals surface area contributed by atoms with Gasteiger partial charge in [0.25, 0.3) is 0 Å². The second-order valence-corrected chi connectivity index (χ2v) is 7.18. The average Bonchev–Trinajstić information content (AvgIpc) is 2.34. The van der Waals surface area contributed by atoms with Gasteiger partial charge in [-0.05, 0) is 13.0 Å². The van der Waals surface area contributed by atoms with Crippen LogP contribution >= 0.6 is 7.94 Å². The fourth-order valence-electron chi connectivity index (χ4n) is 2.09. The summed E-state index contributed by atoms with van der Waals surface area (Å²) in [7, 11) is -3.56. The van der Waals surface area contributed by atoms with Gasteiger partial charge in [-0.25, -0.2) is 0 Å². The van der Waals surface area contributed by atoms with E-state index in [1.165, 1.54) is 57.8 Å². The highest BCUT2D eigenvalue weighted by Crippen LogP contribution is 2.43. The monoisotopic (exact) mass is 294 g/mol. The van der Waals surface area contributed by atoms with E-state index in [0.717, 1.165) is 13.0 Å². The van der Waals surface area contributed by atoms with Crippen LogP contribution < -0.4 is 5.32 Å². The van der Waals surface area contributed by atoms with E-state index in [0.29, 0.717) is 6.54 Å². The van der Waals surface area contributed by atoms with E-state index >= 15 is 0 Å². The Labute approximate surface area is 119 Å². The molecule has 0 aliphatic heterocycles. The molecular weight excluding hydrogens is 261 g/mol. The Balaban J connectivity index is 2.99. The lowest BCUT2D eigenvalue weighted by Crippen LogP contribution is -2.20. The Morgan fingerprint density at radius 3 is 1.63 bits per heavy atom. The van der Waals surface area contributed by atoms with E-state index in [2.05, 4.69) is 12.2 Å². The highest BCUT2D eigenvalue weighted by molar-refractivity contribution is 7.58. The summed E-state index contributed by atoms with van der Waals surface area (Å²) in [5.41, 5.74) is 0. The van der Waals surface area contributed by atoms with Gasteiger partial charge in [0.1, 0.15) is 0 Å². The van der Waals surface area contributed by atoms with Crippen molar-refractivity contribution in [2.24, 2.45) is 0 Å². The van der Waals surface area contributed by atoms with Gasteiger partial charge in [-0.1, -0.05) is 64.7 Å². The Kier molecular flexibility index (Phi) is 13.5. The van der Waals surface area contributed by atoms with Crippen LogP contribution in [0.25, 0.3) is 0 Å². The Morgan fingerprint density at radius 1 is 0.684 bits per heavy atom. The molecule has 4 nitrogen and oxygen atoms in total. The van der Waals surface area contributed by atoms with Crippen molar-refractivity contribution in [2.45, 2.75) is 71.1 Å². The van der Waals surface area contributed by atoms with Gasteiger partial charge < -0.3 is 5.32 Å². The SMILES string of the molecule is CCCCCCCCCCCCNCC[P+](O)(O)O. The maximum absolute atomic E-state index is 8.78. The lowest BCUT2D eigenvalue weighted by atomic mass is 10.1. The summed E-state index contributed by atoms with van der Waals surface area (Å²) in [4.78, 5) is 26.3. The topological polar surface area (TPSA) is 72.7 Å². The van der Waals surface area contributed by atoms with Crippen LogP contribution in [0.4, 0.5) is 0 Å². The molecule has 116 valence electrons. The van der Waals surface area contributed by atoms with E-state index in [-0.39, 0.29) is 6.16 Å². The normalized spacial score (nSPS) is 12.0. The van der Waals surface area contributed by atoms with Crippen molar-refractivity contribution < 1.29 is 14.7 Å². The van der Waals surface area contributed by atoms with Crippen molar-refractivity contribution in [2.75, 3.05) is 19.3 Å². The predicted octanol–water partition coefficient (Wildman–Crippen LogP) is 3.24. The molecule has 0 aromatic carbocycles. The number of nitrogens with one attached hydrogen (secondary N) is 1. The van der Waals surface area contributed by atoms with Crippen LogP contribution in [0.3, 0.4) is 0 Å². The molecule has 0 spiro atoms. The predicted molar refractivity (Wildman–Crippen MR) is 83.2 cm³/mol. The summed E-state index contributed by atoms with van der Waals surface area (Å²) in [6, 6.07) is 0. The van der Waals surface area contributed by atoms with Gasteiger partial charge in [0, 0.05) is 6.54 Å². The Morgan fingerprint density at radius 2 is 1.16 bits per heavy atom. The highest BCUT2D eigenvalue weighted by atomic mass is 31.2. The molecule has 0 amide bonds. The molecule has 0 aromatic rings. The first-order valence-corrected chi connectivity index (χ1v) is 9.66. The first-order valence-electron chi connectivity index (χ1n) is 7.83. The minimum atomic E-state index is -3.56. The quantitative estimate of drug-likeness (QED) is 0.293. The molecular formula is C14H33NO3P+. The summed E-state index contributed by atoms with van der Waals surface area (Å²) >= 11 is 0. The van der Waals surface area contributed by atoms with Crippen molar-refractivity contribution in [1.29, 1.82) is 0 Å². The smallest absolute Gasteiger partial charge is 0.313 e. The van der Waals surface area contributed by atoms with Crippen molar-refractivity contribution in [1.82, 2.24) is 5.32 Å². The maximum atomic E-state index is 8.78.